The third kappa shape index (κ3) is 3.62. The van der Waals surface area contributed by atoms with Crippen molar-refractivity contribution in [2.45, 2.75) is 31.6 Å². The molecule has 0 spiro atoms. The Bertz CT molecular complexity index is 654. The quantitative estimate of drug-likeness (QED) is 0.868. The first kappa shape index (κ1) is 16.6. The van der Waals surface area contributed by atoms with Crippen molar-refractivity contribution >= 4 is 0 Å². The number of phenols is 1. The van der Waals surface area contributed by atoms with E-state index in [1.165, 1.54) is 14.2 Å². The van der Waals surface area contributed by atoms with Gasteiger partial charge in [-0.05, 0) is 37.0 Å². The van der Waals surface area contributed by atoms with E-state index < -0.39 is 0 Å². The highest BCUT2D eigenvalue weighted by Crippen LogP contribution is 2.37. The molecule has 0 bridgehead atoms. The fourth-order valence-electron chi connectivity index (χ4n) is 2.83. The number of benzene rings is 1. The molecule has 0 atom stereocenters. The van der Waals surface area contributed by atoms with Crippen molar-refractivity contribution in [2.24, 2.45) is 0 Å². The molecule has 1 aromatic carbocycles. The largest absolute Gasteiger partial charge is 0.502 e. The molecule has 7 heteroatoms. The lowest BCUT2D eigenvalue weighted by Gasteiger charge is -2.18. The Kier molecular flexibility index (Phi) is 5.20. The zero-order valence-electron chi connectivity index (χ0n) is 13.9. The number of ether oxygens (including phenoxy) is 3. The van der Waals surface area contributed by atoms with Crippen LogP contribution >= 0.6 is 0 Å². The van der Waals surface area contributed by atoms with E-state index in [-0.39, 0.29) is 5.75 Å². The Morgan fingerprint density at radius 3 is 2.42 bits per heavy atom. The average Bonchev–Trinajstić information content (AvgIpc) is 3.10. The number of aryl methyl sites for hydroxylation is 2. The fraction of sp³-hybridized carbons (Fsp3) is 0.529. The lowest BCUT2D eigenvalue weighted by molar-refractivity contribution is 0.0830. The zero-order valence-corrected chi connectivity index (χ0v) is 13.9. The van der Waals surface area contributed by atoms with Gasteiger partial charge in [0.1, 0.15) is 0 Å². The van der Waals surface area contributed by atoms with Crippen molar-refractivity contribution in [3.63, 3.8) is 0 Å². The minimum Gasteiger partial charge on any atom is -0.502 e. The van der Waals surface area contributed by atoms with Gasteiger partial charge in [0.15, 0.2) is 17.3 Å². The predicted octanol–water partition coefficient (Wildman–Crippen LogP) is 2.47. The first-order valence-electron chi connectivity index (χ1n) is 8.05. The summed E-state index contributed by atoms with van der Waals surface area (Å²) in [6, 6.07) is 3.57. The minimum absolute atomic E-state index is 0.00310. The van der Waals surface area contributed by atoms with Crippen LogP contribution in [-0.2, 0) is 17.6 Å². The first-order valence-corrected chi connectivity index (χ1v) is 8.05. The van der Waals surface area contributed by atoms with Gasteiger partial charge < -0.3 is 23.8 Å². The molecule has 130 valence electrons. The molecule has 2 heterocycles. The maximum absolute atomic E-state index is 9.94. The molecule has 1 aromatic heterocycles. The van der Waals surface area contributed by atoms with E-state index in [4.69, 9.17) is 18.7 Å². The Balaban J connectivity index is 1.66. The number of nitrogens with zero attached hydrogens (tertiary/aromatic N) is 2. The molecular formula is C17H22N2O5. The predicted molar refractivity (Wildman–Crippen MR) is 85.7 cm³/mol. The number of rotatable bonds is 6. The molecule has 1 fully saturated rings. The molecule has 0 saturated carbocycles. The van der Waals surface area contributed by atoms with Crippen LogP contribution < -0.4 is 9.47 Å². The second-order valence-corrected chi connectivity index (χ2v) is 5.78. The van der Waals surface area contributed by atoms with Crippen LogP contribution in [-0.4, -0.2) is 42.7 Å². The Morgan fingerprint density at radius 2 is 1.79 bits per heavy atom. The molecule has 1 saturated heterocycles. The van der Waals surface area contributed by atoms with E-state index in [9.17, 15) is 5.11 Å². The number of hydrogen-bond acceptors (Lipinski definition) is 7. The molecule has 3 rings (SSSR count). The number of aromatic nitrogens is 2. The topological polar surface area (TPSA) is 86.8 Å². The third-order valence-corrected chi connectivity index (χ3v) is 4.24. The number of methoxy groups -OCH3 is 2. The highest BCUT2D eigenvalue weighted by molar-refractivity contribution is 5.52. The molecule has 1 aliphatic heterocycles. The van der Waals surface area contributed by atoms with Gasteiger partial charge in [0.25, 0.3) is 0 Å². The molecule has 24 heavy (non-hydrogen) atoms. The van der Waals surface area contributed by atoms with Crippen LogP contribution in [0.2, 0.25) is 0 Å². The molecule has 2 aromatic rings. The SMILES string of the molecule is COc1cc(CCc2nc(C3CCOCC3)no2)cc(OC)c1O. The molecule has 7 nitrogen and oxygen atoms in total. The Morgan fingerprint density at radius 1 is 1.12 bits per heavy atom. The molecule has 1 aliphatic rings. The van der Waals surface area contributed by atoms with E-state index in [2.05, 4.69) is 10.1 Å². The lowest BCUT2D eigenvalue weighted by Crippen LogP contribution is -2.15. The first-order chi connectivity index (χ1) is 11.7. The van der Waals surface area contributed by atoms with Crippen LogP contribution in [0, 0.1) is 0 Å². The Hall–Kier alpha value is -2.28. The van der Waals surface area contributed by atoms with Crippen LogP contribution in [0.15, 0.2) is 16.7 Å². The van der Waals surface area contributed by atoms with E-state index in [0.29, 0.717) is 36.1 Å². The summed E-state index contributed by atoms with van der Waals surface area (Å²) in [6.45, 7) is 1.50. The van der Waals surface area contributed by atoms with Crippen molar-refractivity contribution in [1.29, 1.82) is 0 Å². The number of hydrogen-bond donors (Lipinski definition) is 1. The van der Waals surface area contributed by atoms with Crippen molar-refractivity contribution in [2.75, 3.05) is 27.4 Å². The van der Waals surface area contributed by atoms with E-state index in [1.54, 1.807) is 12.1 Å². The van der Waals surface area contributed by atoms with Gasteiger partial charge in [-0.2, -0.15) is 4.98 Å². The highest BCUT2D eigenvalue weighted by Gasteiger charge is 2.21. The van der Waals surface area contributed by atoms with E-state index in [1.807, 2.05) is 0 Å². The summed E-state index contributed by atoms with van der Waals surface area (Å²) in [5, 5.41) is 14.0. The monoisotopic (exact) mass is 334 g/mol. The van der Waals surface area contributed by atoms with Gasteiger partial charge in [-0.25, -0.2) is 0 Å². The Labute approximate surface area is 140 Å². The van der Waals surface area contributed by atoms with E-state index >= 15 is 0 Å². The van der Waals surface area contributed by atoms with Crippen LogP contribution in [0.3, 0.4) is 0 Å². The lowest BCUT2D eigenvalue weighted by atomic mass is 10.00. The molecular weight excluding hydrogens is 312 g/mol. The van der Waals surface area contributed by atoms with Gasteiger partial charge in [-0.15, -0.1) is 0 Å². The molecule has 1 N–H and O–H groups in total. The number of phenolic OH excluding ortho intramolecular Hbond substituents is 1. The van der Waals surface area contributed by atoms with Gasteiger partial charge in [0, 0.05) is 25.6 Å². The highest BCUT2D eigenvalue weighted by atomic mass is 16.5. The summed E-state index contributed by atoms with van der Waals surface area (Å²) in [5.41, 5.74) is 0.965. The summed E-state index contributed by atoms with van der Waals surface area (Å²) < 4.78 is 21.1. The summed E-state index contributed by atoms with van der Waals surface area (Å²) in [7, 11) is 3.02. The van der Waals surface area contributed by atoms with Crippen LogP contribution in [0.5, 0.6) is 17.2 Å². The van der Waals surface area contributed by atoms with Crippen molar-refractivity contribution in [3.8, 4) is 17.2 Å². The summed E-state index contributed by atoms with van der Waals surface area (Å²) in [4.78, 5) is 4.51. The van der Waals surface area contributed by atoms with Gasteiger partial charge in [-0.1, -0.05) is 5.16 Å². The summed E-state index contributed by atoms with van der Waals surface area (Å²) in [6.07, 6.45) is 3.17. The van der Waals surface area contributed by atoms with Crippen LogP contribution in [0.1, 0.15) is 36.0 Å². The smallest absolute Gasteiger partial charge is 0.226 e. The van der Waals surface area contributed by atoms with Crippen LogP contribution in [0.4, 0.5) is 0 Å². The van der Waals surface area contributed by atoms with Crippen molar-refractivity contribution in [1.82, 2.24) is 10.1 Å². The van der Waals surface area contributed by atoms with Gasteiger partial charge >= 0.3 is 0 Å². The van der Waals surface area contributed by atoms with Crippen molar-refractivity contribution in [3.05, 3.63) is 29.4 Å². The molecule has 0 unspecified atom stereocenters. The maximum atomic E-state index is 9.94. The molecule has 0 amide bonds. The maximum Gasteiger partial charge on any atom is 0.226 e. The average molecular weight is 334 g/mol. The standard InChI is InChI=1S/C17H22N2O5/c1-21-13-9-11(10-14(22-2)16(13)20)3-4-15-18-17(19-24-15)12-5-7-23-8-6-12/h9-10,12,20H,3-8H2,1-2H3. The third-order valence-electron chi connectivity index (χ3n) is 4.24. The second kappa shape index (κ2) is 7.53. The molecule has 0 aliphatic carbocycles. The second-order valence-electron chi connectivity index (χ2n) is 5.78. The van der Waals surface area contributed by atoms with Gasteiger partial charge in [0.05, 0.1) is 14.2 Å². The normalized spacial score (nSPS) is 15.4. The summed E-state index contributed by atoms with van der Waals surface area (Å²) >= 11 is 0. The van der Waals surface area contributed by atoms with Gasteiger partial charge in [-0.3, -0.25) is 0 Å². The number of aromatic hydroxyl groups is 1. The van der Waals surface area contributed by atoms with Gasteiger partial charge in [0.2, 0.25) is 11.6 Å². The van der Waals surface area contributed by atoms with Crippen LogP contribution in [0.25, 0.3) is 0 Å². The molecule has 0 radical (unpaired) electrons. The minimum atomic E-state index is 0.00310. The summed E-state index contributed by atoms with van der Waals surface area (Å²) in [5.74, 6) is 2.49. The van der Waals surface area contributed by atoms with E-state index in [0.717, 1.165) is 37.4 Å². The van der Waals surface area contributed by atoms with Crippen molar-refractivity contribution < 1.29 is 23.8 Å². The zero-order chi connectivity index (χ0) is 16.9. The fourth-order valence-corrected chi connectivity index (χ4v) is 2.83.